The van der Waals surface area contributed by atoms with Crippen molar-refractivity contribution in [3.05, 3.63) is 34.3 Å². The quantitative estimate of drug-likeness (QED) is 0.869. The zero-order valence-electron chi connectivity index (χ0n) is 8.83. The lowest BCUT2D eigenvalue weighted by molar-refractivity contribution is 0.506. The molecule has 0 saturated heterocycles. The lowest BCUT2D eigenvalue weighted by atomic mass is 9.98. The summed E-state index contributed by atoms with van der Waals surface area (Å²) in [6.07, 6.45) is 2.24. The molecule has 0 amide bonds. The molecule has 1 atom stereocenters. The standard InChI is InChI=1S/C12H18BrN/c1-9(2)7-8-12(14)10-5-3-4-6-11(10)13/h3-6,9,12H,7-8,14H2,1-2H3/t12-/m0/s1. The maximum absolute atomic E-state index is 6.11. The number of benzene rings is 1. The summed E-state index contributed by atoms with van der Waals surface area (Å²) in [5.74, 6) is 0.725. The van der Waals surface area contributed by atoms with Crippen LogP contribution in [0.2, 0.25) is 0 Å². The molecule has 2 N–H and O–H groups in total. The van der Waals surface area contributed by atoms with Gasteiger partial charge in [0.05, 0.1) is 0 Å². The molecule has 0 unspecified atom stereocenters. The van der Waals surface area contributed by atoms with E-state index in [0.717, 1.165) is 16.8 Å². The van der Waals surface area contributed by atoms with Crippen LogP contribution in [0, 0.1) is 5.92 Å². The summed E-state index contributed by atoms with van der Waals surface area (Å²) in [6.45, 7) is 4.46. The molecule has 0 radical (unpaired) electrons. The highest BCUT2D eigenvalue weighted by molar-refractivity contribution is 9.10. The van der Waals surface area contributed by atoms with Crippen LogP contribution < -0.4 is 5.73 Å². The maximum Gasteiger partial charge on any atom is 0.0306 e. The SMILES string of the molecule is CC(C)CC[C@H](N)c1ccccc1Br. The van der Waals surface area contributed by atoms with Crippen molar-refractivity contribution < 1.29 is 0 Å². The summed E-state index contributed by atoms with van der Waals surface area (Å²) >= 11 is 3.52. The first kappa shape index (κ1) is 11.7. The van der Waals surface area contributed by atoms with Crippen molar-refractivity contribution in [3.63, 3.8) is 0 Å². The van der Waals surface area contributed by atoms with Crippen LogP contribution in [0.25, 0.3) is 0 Å². The first-order chi connectivity index (χ1) is 6.61. The van der Waals surface area contributed by atoms with E-state index in [-0.39, 0.29) is 6.04 Å². The van der Waals surface area contributed by atoms with Crippen molar-refractivity contribution in [1.82, 2.24) is 0 Å². The summed E-state index contributed by atoms with van der Waals surface area (Å²) in [4.78, 5) is 0. The number of hydrogen-bond donors (Lipinski definition) is 1. The lowest BCUT2D eigenvalue weighted by Crippen LogP contribution is -2.11. The molecule has 78 valence electrons. The average molecular weight is 256 g/mol. The van der Waals surface area contributed by atoms with Crippen molar-refractivity contribution in [1.29, 1.82) is 0 Å². The molecule has 1 aromatic carbocycles. The second kappa shape index (κ2) is 5.52. The minimum Gasteiger partial charge on any atom is -0.324 e. The molecule has 0 heterocycles. The molecule has 0 aromatic heterocycles. The molecule has 0 saturated carbocycles. The fourth-order valence-electron chi connectivity index (χ4n) is 1.44. The van der Waals surface area contributed by atoms with Gasteiger partial charge in [-0.05, 0) is 30.4 Å². The van der Waals surface area contributed by atoms with Crippen LogP contribution >= 0.6 is 15.9 Å². The zero-order valence-corrected chi connectivity index (χ0v) is 10.4. The fraction of sp³-hybridized carbons (Fsp3) is 0.500. The van der Waals surface area contributed by atoms with Gasteiger partial charge in [0, 0.05) is 10.5 Å². The van der Waals surface area contributed by atoms with Gasteiger partial charge in [0.25, 0.3) is 0 Å². The van der Waals surface area contributed by atoms with E-state index in [0.29, 0.717) is 0 Å². The third-order valence-electron chi connectivity index (χ3n) is 2.36. The van der Waals surface area contributed by atoms with E-state index in [1.807, 2.05) is 18.2 Å². The predicted octanol–water partition coefficient (Wildman–Crippen LogP) is 3.89. The van der Waals surface area contributed by atoms with Gasteiger partial charge in [-0.1, -0.05) is 48.0 Å². The summed E-state index contributed by atoms with van der Waals surface area (Å²) in [6, 6.07) is 8.35. The molecule has 0 spiro atoms. The maximum atomic E-state index is 6.11. The Hall–Kier alpha value is -0.340. The molecule has 0 aliphatic heterocycles. The summed E-state index contributed by atoms with van der Waals surface area (Å²) in [5.41, 5.74) is 7.33. The van der Waals surface area contributed by atoms with Gasteiger partial charge >= 0.3 is 0 Å². The van der Waals surface area contributed by atoms with Gasteiger partial charge in [-0.15, -0.1) is 0 Å². The molecule has 0 aliphatic rings. The zero-order chi connectivity index (χ0) is 10.6. The van der Waals surface area contributed by atoms with Gasteiger partial charge in [-0.3, -0.25) is 0 Å². The molecule has 14 heavy (non-hydrogen) atoms. The minimum absolute atomic E-state index is 0.160. The van der Waals surface area contributed by atoms with E-state index in [1.54, 1.807) is 0 Å². The van der Waals surface area contributed by atoms with Crippen LogP contribution in [0.5, 0.6) is 0 Å². The molecule has 0 bridgehead atoms. The third kappa shape index (κ3) is 3.43. The molecular formula is C12H18BrN. The van der Waals surface area contributed by atoms with Crippen molar-refractivity contribution in [3.8, 4) is 0 Å². The van der Waals surface area contributed by atoms with E-state index in [9.17, 15) is 0 Å². The van der Waals surface area contributed by atoms with Gasteiger partial charge < -0.3 is 5.73 Å². The number of halogens is 1. The van der Waals surface area contributed by atoms with E-state index in [4.69, 9.17) is 5.73 Å². The van der Waals surface area contributed by atoms with E-state index < -0.39 is 0 Å². The van der Waals surface area contributed by atoms with Crippen molar-refractivity contribution in [2.24, 2.45) is 11.7 Å². The number of nitrogens with two attached hydrogens (primary N) is 1. The number of hydrogen-bond acceptors (Lipinski definition) is 1. The Morgan fingerprint density at radius 2 is 1.86 bits per heavy atom. The van der Waals surface area contributed by atoms with E-state index in [2.05, 4.69) is 35.8 Å². The molecular weight excluding hydrogens is 238 g/mol. The van der Waals surface area contributed by atoms with Crippen molar-refractivity contribution >= 4 is 15.9 Å². The molecule has 1 rings (SSSR count). The first-order valence-corrected chi connectivity index (χ1v) is 5.90. The van der Waals surface area contributed by atoms with Gasteiger partial charge in [-0.25, -0.2) is 0 Å². The van der Waals surface area contributed by atoms with Gasteiger partial charge in [0.15, 0.2) is 0 Å². The molecule has 0 aliphatic carbocycles. The van der Waals surface area contributed by atoms with E-state index >= 15 is 0 Å². The normalized spacial score (nSPS) is 13.2. The van der Waals surface area contributed by atoms with Gasteiger partial charge in [0.1, 0.15) is 0 Å². The summed E-state index contributed by atoms with van der Waals surface area (Å²) in [5, 5.41) is 0. The molecule has 1 nitrogen and oxygen atoms in total. The summed E-state index contributed by atoms with van der Waals surface area (Å²) < 4.78 is 1.12. The second-order valence-corrected chi connectivity index (χ2v) is 4.95. The topological polar surface area (TPSA) is 26.0 Å². The lowest BCUT2D eigenvalue weighted by Gasteiger charge is -2.14. The Bertz CT molecular complexity index is 283. The van der Waals surface area contributed by atoms with Gasteiger partial charge in [-0.2, -0.15) is 0 Å². The smallest absolute Gasteiger partial charge is 0.0306 e. The third-order valence-corrected chi connectivity index (χ3v) is 3.08. The Morgan fingerprint density at radius 3 is 2.43 bits per heavy atom. The Kier molecular flexibility index (Phi) is 4.63. The Labute approximate surface area is 94.8 Å². The monoisotopic (exact) mass is 255 g/mol. The fourth-order valence-corrected chi connectivity index (χ4v) is 2.02. The van der Waals surface area contributed by atoms with Crippen LogP contribution in [0.4, 0.5) is 0 Å². The average Bonchev–Trinajstić information content (AvgIpc) is 2.15. The predicted molar refractivity (Wildman–Crippen MR) is 65.1 cm³/mol. The largest absolute Gasteiger partial charge is 0.324 e. The van der Waals surface area contributed by atoms with Gasteiger partial charge in [0.2, 0.25) is 0 Å². The van der Waals surface area contributed by atoms with Crippen LogP contribution in [0.3, 0.4) is 0 Å². The van der Waals surface area contributed by atoms with E-state index in [1.165, 1.54) is 12.0 Å². The van der Waals surface area contributed by atoms with Crippen LogP contribution in [0.1, 0.15) is 38.3 Å². The number of rotatable bonds is 4. The van der Waals surface area contributed by atoms with Crippen molar-refractivity contribution in [2.45, 2.75) is 32.7 Å². The highest BCUT2D eigenvalue weighted by atomic mass is 79.9. The van der Waals surface area contributed by atoms with Crippen LogP contribution in [-0.2, 0) is 0 Å². The molecule has 2 heteroatoms. The van der Waals surface area contributed by atoms with Crippen LogP contribution in [-0.4, -0.2) is 0 Å². The summed E-state index contributed by atoms with van der Waals surface area (Å²) in [7, 11) is 0. The Balaban J connectivity index is 2.60. The molecule has 1 aromatic rings. The van der Waals surface area contributed by atoms with Crippen LogP contribution in [0.15, 0.2) is 28.7 Å². The minimum atomic E-state index is 0.160. The molecule has 0 fully saturated rings. The highest BCUT2D eigenvalue weighted by Gasteiger charge is 2.09. The Morgan fingerprint density at radius 1 is 1.21 bits per heavy atom. The van der Waals surface area contributed by atoms with Crippen molar-refractivity contribution in [2.75, 3.05) is 0 Å². The highest BCUT2D eigenvalue weighted by Crippen LogP contribution is 2.25. The first-order valence-electron chi connectivity index (χ1n) is 5.11. The second-order valence-electron chi connectivity index (χ2n) is 4.10.